The van der Waals surface area contributed by atoms with Crippen LogP contribution in [0.25, 0.3) is 0 Å². The van der Waals surface area contributed by atoms with Crippen molar-refractivity contribution in [2.75, 3.05) is 38.5 Å². The maximum absolute atomic E-state index is 12.8. The highest BCUT2D eigenvalue weighted by atomic mass is 16.6. The number of piperazine rings is 1. The average Bonchev–Trinajstić information content (AvgIpc) is 3.83. The van der Waals surface area contributed by atoms with E-state index in [9.17, 15) is 14.4 Å². The van der Waals surface area contributed by atoms with Crippen LogP contribution in [0, 0.1) is 5.92 Å². The molecule has 4 heterocycles. The zero-order chi connectivity index (χ0) is 35.8. The van der Waals surface area contributed by atoms with Crippen molar-refractivity contribution in [3.8, 4) is 0 Å². The topological polar surface area (TPSA) is 145 Å². The van der Waals surface area contributed by atoms with Crippen molar-refractivity contribution in [3.63, 3.8) is 0 Å². The van der Waals surface area contributed by atoms with Crippen molar-refractivity contribution in [3.05, 3.63) is 65.8 Å². The first-order valence-corrected chi connectivity index (χ1v) is 17.9. The second-order valence-corrected chi connectivity index (χ2v) is 14.3. The smallest absolute Gasteiger partial charge is 0.410 e. The van der Waals surface area contributed by atoms with E-state index in [-0.39, 0.29) is 54.5 Å². The summed E-state index contributed by atoms with van der Waals surface area (Å²) in [6.45, 7) is 12.4. The molecule has 0 saturated carbocycles. The molecule has 12 nitrogen and oxygen atoms in total. The summed E-state index contributed by atoms with van der Waals surface area (Å²) in [7, 11) is 0. The third-order valence-electron chi connectivity index (χ3n) is 9.93. The van der Waals surface area contributed by atoms with Crippen LogP contribution < -0.4 is 11.1 Å². The molecule has 4 aliphatic rings. The van der Waals surface area contributed by atoms with Crippen molar-refractivity contribution in [2.45, 2.75) is 109 Å². The highest BCUT2D eigenvalue weighted by molar-refractivity contribution is 5.87. The Kier molecular flexibility index (Phi) is 12.6. The third-order valence-corrected chi connectivity index (χ3v) is 9.93. The van der Waals surface area contributed by atoms with Crippen LogP contribution in [0.2, 0.25) is 0 Å². The minimum Gasteiger partial charge on any atom is -0.445 e. The van der Waals surface area contributed by atoms with Crippen LogP contribution in [-0.4, -0.2) is 103 Å². The molecule has 3 N–H and O–H groups in total. The van der Waals surface area contributed by atoms with E-state index in [0.717, 1.165) is 37.9 Å². The number of nitrogens with two attached hydrogens (primary N) is 1. The molecule has 0 aliphatic carbocycles. The molecule has 1 spiro atoms. The van der Waals surface area contributed by atoms with Crippen LogP contribution in [0.4, 0.5) is 15.3 Å². The van der Waals surface area contributed by atoms with Gasteiger partial charge in [0.15, 0.2) is 0 Å². The molecule has 50 heavy (non-hydrogen) atoms. The molecule has 3 amide bonds. The molecule has 1 aromatic rings. The van der Waals surface area contributed by atoms with E-state index < -0.39 is 18.3 Å². The van der Waals surface area contributed by atoms with Gasteiger partial charge >= 0.3 is 12.2 Å². The standard InChI is InChI=1S/C38H54N4O8/c1-25(6-13-32-22-38(24-47-38)21-28(4)48-32)7-14-34-26(2)20-33(29(5)50-34)40-35(43)15-8-27(3)49-37(45)42-18-16-41(17-19-42)36(44)46-23-30-9-11-31(39)12-10-30/h6-13,15,26-29,32-34H,14,16-24,39H2,1-5H3,(H,40,43). The predicted molar refractivity (Wildman–Crippen MR) is 189 cm³/mol. The number of nitrogens with one attached hydrogen (secondary N) is 1. The Morgan fingerprint density at radius 2 is 1.70 bits per heavy atom. The predicted octanol–water partition coefficient (Wildman–Crippen LogP) is 5.13. The fraction of sp³-hybridized carbons (Fsp3) is 0.605. The van der Waals surface area contributed by atoms with Crippen molar-refractivity contribution >= 4 is 23.8 Å². The van der Waals surface area contributed by atoms with Gasteiger partial charge in [0.25, 0.3) is 0 Å². The molecular formula is C38H54N4O8. The van der Waals surface area contributed by atoms with Gasteiger partial charge in [0, 0.05) is 50.8 Å². The molecule has 0 bridgehead atoms. The number of anilines is 1. The van der Waals surface area contributed by atoms with Gasteiger partial charge in [0.05, 0.1) is 42.7 Å². The Bertz CT molecular complexity index is 1420. The summed E-state index contributed by atoms with van der Waals surface area (Å²) in [6, 6.07) is 7.00. The second-order valence-electron chi connectivity index (χ2n) is 14.3. The Balaban J connectivity index is 0.977. The summed E-state index contributed by atoms with van der Waals surface area (Å²) < 4.78 is 29.1. The lowest BCUT2D eigenvalue weighted by molar-refractivity contribution is -0.123. The van der Waals surface area contributed by atoms with Gasteiger partial charge in [-0.3, -0.25) is 4.79 Å². The Morgan fingerprint density at radius 3 is 2.38 bits per heavy atom. The van der Waals surface area contributed by atoms with E-state index in [1.54, 1.807) is 34.9 Å². The Labute approximate surface area is 295 Å². The fourth-order valence-electron chi connectivity index (χ4n) is 6.81. The molecule has 1 aromatic carbocycles. The van der Waals surface area contributed by atoms with Crippen LogP contribution in [0.3, 0.4) is 0 Å². The fourth-order valence-corrected chi connectivity index (χ4v) is 6.81. The summed E-state index contributed by atoms with van der Waals surface area (Å²) in [5.74, 6) is -0.00237. The van der Waals surface area contributed by atoms with Crippen LogP contribution >= 0.6 is 0 Å². The normalized spacial score (nSPS) is 30.8. The lowest BCUT2D eigenvalue weighted by atomic mass is 9.88. The molecule has 4 aliphatic heterocycles. The molecule has 8 atom stereocenters. The van der Waals surface area contributed by atoms with Crippen molar-refractivity contribution < 1.29 is 38.1 Å². The lowest BCUT2D eigenvalue weighted by Gasteiger charge is -2.39. The summed E-state index contributed by atoms with van der Waals surface area (Å²) in [4.78, 5) is 41.1. The van der Waals surface area contributed by atoms with Crippen LogP contribution in [0.15, 0.2) is 60.2 Å². The van der Waals surface area contributed by atoms with E-state index in [1.165, 1.54) is 11.6 Å². The van der Waals surface area contributed by atoms with Gasteiger partial charge in [-0.25, -0.2) is 9.59 Å². The summed E-state index contributed by atoms with van der Waals surface area (Å²) in [6.07, 6.45) is 11.6. The summed E-state index contributed by atoms with van der Waals surface area (Å²) >= 11 is 0. The monoisotopic (exact) mass is 694 g/mol. The maximum Gasteiger partial charge on any atom is 0.410 e. The number of carbonyl (C=O) groups excluding carboxylic acids is 3. The van der Waals surface area contributed by atoms with Gasteiger partial charge in [-0.2, -0.15) is 0 Å². The number of nitrogen functional groups attached to an aromatic ring is 1. The van der Waals surface area contributed by atoms with Gasteiger partial charge in [0.2, 0.25) is 5.91 Å². The molecule has 0 aromatic heterocycles. The van der Waals surface area contributed by atoms with Gasteiger partial charge in [-0.05, 0) is 70.2 Å². The summed E-state index contributed by atoms with van der Waals surface area (Å²) in [5.41, 5.74) is 8.39. The van der Waals surface area contributed by atoms with Gasteiger partial charge in [-0.15, -0.1) is 0 Å². The van der Waals surface area contributed by atoms with E-state index in [2.05, 4.69) is 44.3 Å². The minimum atomic E-state index is -0.611. The number of amides is 3. The molecule has 5 rings (SSSR count). The van der Waals surface area contributed by atoms with Gasteiger partial charge in [-0.1, -0.05) is 42.9 Å². The van der Waals surface area contributed by atoms with E-state index in [0.29, 0.717) is 31.9 Å². The van der Waals surface area contributed by atoms with Crippen molar-refractivity contribution in [2.24, 2.45) is 5.92 Å². The number of hydrogen-bond donors (Lipinski definition) is 2. The summed E-state index contributed by atoms with van der Waals surface area (Å²) in [5, 5.41) is 3.06. The average molecular weight is 695 g/mol. The number of epoxide rings is 1. The zero-order valence-corrected chi connectivity index (χ0v) is 30.0. The number of nitrogens with zero attached hydrogens (tertiary/aromatic N) is 2. The largest absolute Gasteiger partial charge is 0.445 e. The molecule has 8 unspecified atom stereocenters. The maximum atomic E-state index is 12.8. The Morgan fingerprint density at radius 1 is 1.02 bits per heavy atom. The SMILES string of the molecule is CC(C=CC1CC2(CO2)CC(C)O1)=CCC1OC(C)C(NC(=O)C=CC(C)OC(=O)N2CCN(C(=O)OCc3ccc(N)cc3)CC2)CC1C. The molecule has 274 valence electrons. The first kappa shape index (κ1) is 37.4. The number of rotatable bonds is 10. The Hall–Kier alpha value is -3.87. The van der Waals surface area contributed by atoms with E-state index in [1.807, 2.05) is 19.1 Å². The minimum absolute atomic E-state index is 0.0385. The van der Waals surface area contributed by atoms with Crippen molar-refractivity contribution in [1.82, 2.24) is 15.1 Å². The van der Waals surface area contributed by atoms with Crippen LogP contribution in [0.5, 0.6) is 0 Å². The first-order chi connectivity index (χ1) is 23.9. The molecule has 4 fully saturated rings. The quantitative estimate of drug-likeness (QED) is 0.147. The number of benzene rings is 1. The molecule has 4 saturated heterocycles. The van der Waals surface area contributed by atoms with E-state index >= 15 is 0 Å². The number of hydrogen-bond acceptors (Lipinski definition) is 9. The number of ether oxygens (including phenoxy) is 5. The highest BCUT2D eigenvalue weighted by Gasteiger charge is 2.50. The number of allylic oxidation sites excluding steroid dienone is 2. The van der Waals surface area contributed by atoms with E-state index in [4.69, 9.17) is 29.4 Å². The highest BCUT2D eigenvalue weighted by Crippen LogP contribution is 2.42. The molecular weight excluding hydrogens is 640 g/mol. The molecule has 12 heteroatoms. The second kappa shape index (κ2) is 16.9. The molecule has 0 radical (unpaired) electrons. The number of carbonyl (C=O) groups is 3. The van der Waals surface area contributed by atoms with Crippen LogP contribution in [-0.2, 0) is 35.1 Å². The lowest BCUT2D eigenvalue weighted by Crippen LogP contribution is -2.51. The van der Waals surface area contributed by atoms with Gasteiger partial charge in [0.1, 0.15) is 12.7 Å². The third kappa shape index (κ3) is 10.8. The zero-order valence-electron chi connectivity index (χ0n) is 30.0. The van der Waals surface area contributed by atoms with Crippen LogP contribution in [0.1, 0.15) is 65.9 Å². The van der Waals surface area contributed by atoms with Gasteiger partial charge < -0.3 is 44.5 Å². The first-order valence-electron chi connectivity index (χ1n) is 17.9. The van der Waals surface area contributed by atoms with Crippen molar-refractivity contribution in [1.29, 1.82) is 0 Å².